The Balaban J connectivity index is 1.29. The van der Waals surface area contributed by atoms with Crippen molar-refractivity contribution in [1.29, 1.82) is 0 Å². The Morgan fingerprint density at radius 3 is 2.83 bits per heavy atom. The van der Waals surface area contributed by atoms with Gasteiger partial charge in [0.15, 0.2) is 10.8 Å². The van der Waals surface area contributed by atoms with Crippen LogP contribution in [-0.2, 0) is 16.0 Å². The average Bonchev–Trinajstić information content (AvgIpc) is 3.17. The van der Waals surface area contributed by atoms with E-state index in [9.17, 15) is 4.79 Å². The van der Waals surface area contributed by atoms with Crippen molar-refractivity contribution in [2.24, 2.45) is 15.7 Å². The molecule has 1 aromatic carbocycles. The second-order valence-corrected chi connectivity index (χ2v) is 10.4. The van der Waals surface area contributed by atoms with Gasteiger partial charge in [0.1, 0.15) is 5.75 Å². The summed E-state index contributed by atoms with van der Waals surface area (Å²) in [5.74, 6) is 2.04. The number of nitrogens with zero attached hydrogens (tertiary/aromatic N) is 5. The number of carbonyl (C=O) groups excluding carboxylic acids is 1. The first kappa shape index (κ1) is 23.9. The number of benzene rings is 1. The first-order valence-corrected chi connectivity index (χ1v) is 13.0. The van der Waals surface area contributed by atoms with Crippen molar-refractivity contribution in [2.75, 3.05) is 52.5 Å². The Hall–Kier alpha value is -2.82. The van der Waals surface area contributed by atoms with Crippen molar-refractivity contribution in [3.05, 3.63) is 33.6 Å². The lowest BCUT2D eigenvalue weighted by Gasteiger charge is -2.40. The number of carbonyl (C=O) groups is 1. The van der Waals surface area contributed by atoms with E-state index in [1.165, 1.54) is 16.8 Å². The molecule has 2 fully saturated rings. The Kier molecular flexibility index (Phi) is 7.12. The van der Waals surface area contributed by atoms with E-state index >= 15 is 0 Å². The zero-order valence-corrected chi connectivity index (χ0v) is 21.1. The molecule has 3 aliphatic rings. The summed E-state index contributed by atoms with van der Waals surface area (Å²) in [7, 11) is 0. The molecule has 1 aromatic heterocycles. The summed E-state index contributed by atoms with van der Waals surface area (Å²) in [4.78, 5) is 31.6. The van der Waals surface area contributed by atoms with E-state index in [0.29, 0.717) is 51.2 Å². The zero-order chi connectivity index (χ0) is 24.4. The molecule has 4 heterocycles. The molecule has 5 rings (SSSR count). The van der Waals surface area contributed by atoms with E-state index in [1.807, 2.05) is 18.7 Å². The molecule has 10 heteroatoms. The molecular weight excluding hydrogens is 464 g/mol. The molecule has 2 N–H and O–H groups in total. The van der Waals surface area contributed by atoms with Crippen molar-refractivity contribution < 1.29 is 14.3 Å². The van der Waals surface area contributed by atoms with Gasteiger partial charge in [-0.2, -0.15) is 0 Å². The van der Waals surface area contributed by atoms with E-state index in [-0.39, 0.29) is 11.9 Å². The van der Waals surface area contributed by atoms with Crippen LogP contribution in [0.5, 0.6) is 5.75 Å². The molecule has 186 valence electrons. The molecule has 0 atom stereocenters. The van der Waals surface area contributed by atoms with Crippen molar-refractivity contribution >= 4 is 29.4 Å². The molecule has 0 unspecified atom stereocenters. The van der Waals surface area contributed by atoms with Crippen molar-refractivity contribution in [3.8, 4) is 17.0 Å². The lowest BCUT2D eigenvalue weighted by Crippen LogP contribution is -2.52. The highest BCUT2D eigenvalue weighted by Gasteiger charge is 2.32. The van der Waals surface area contributed by atoms with Gasteiger partial charge >= 0.3 is 0 Å². The van der Waals surface area contributed by atoms with Gasteiger partial charge in [0.05, 0.1) is 38.4 Å². The maximum Gasteiger partial charge on any atom is 0.236 e. The van der Waals surface area contributed by atoms with Crippen LogP contribution < -0.4 is 10.5 Å². The minimum absolute atomic E-state index is 0.0989. The van der Waals surface area contributed by atoms with E-state index in [4.69, 9.17) is 20.2 Å². The molecule has 2 saturated heterocycles. The standard InChI is InChI=1S/C25H32N6O3S/c1-16(2)28-24(27-15-26)25-29-23-19-4-3-17(11-20(19)34-8-5-21(23)35-25)18-12-30(13-18)14-22(32)31-6-9-33-10-7-31/h3-4,11,15-16,18H,5-10,12-14H2,1-2H3,(H2,26,27,28). The van der Waals surface area contributed by atoms with Crippen LogP contribution in [-0.4, -0.2) is 91.5 Å². The van der Waals surface area contributed by atoms with E-state index in [1.54, 1.807) is 11.3 Å². The van der Waals surface area contributed by atoms with E-state index < -0.39 is 0 Å². The summed E-state index contributed by atoms with van der Waals surface area (Å²) < 4.78 is 11.5. The predicted molar refractivity (Wildman–Crippen MR) is 138 cm³/mol. The van der Waals surface area contributed by atoms with Crippen LogP contribution in [0.2, 0.25) is 0 Å². The Morgan fingerprint density at radius 2 is 2.09 bits per heavy atom. The van der Waals surface area contributed by atoms with Crippen LogP contribution in [0.25, 0.3) is 11.3 Å². The fraction of sp³-hybridized carbons (Fsp3) is 0.520. The largest absolute Gasteiger partial charge is 0.492 e. The molecule has 35 heavy (non-hydrogen) atoms. The molecule has 0 radical (unpaired) electrons. The fourth-order valence-corrected chi connectivity index (χ4v) is 5.67. The molecule has 0 aliphatic carbocycles. The number of amidine groups is 1. The minimum Gasteiger partial charge on any atom is -0.492 e. The number of aliphatic imine (C=N–C) groups is 2. The molecule has 0 saturated carbocycles. The predicted octanol–water partition coefficient (Wildman–Crippen LogP) is 2.15. The molecule has 2 aromatic rings. The quantitative estimate of drug-likeness (QED) is 0.502. The van der Waals surface area contributed by atoms with Crippen LogP contribution in [0.15, 0.2) is 28.2 Å². The summed E-state index contributed by atoms with van der Waals surface area (Å²) in [5.41, 5.74) is 8.75. The third kappa shape index (κ3) is 5.24. The lowest BCUT2D eigenvalue weighted by molar-refractivity contribution is -0.137. The summed E-state index contributed by atoms with van der Waals surface area (Å²) >= 11 is 1.60. The summed E-state index contributed by atoms with van der Waals surface area (Å²) in [6.45, 7) is 9.53. The van der Waals surface area contributed by atoms with Gasteiger partial charge in [-0.05, 0) is 31.5 Å². The highest BCUT2D eigenvalue weighted by Crippen LogP contribution is 2.40. The number of likely N-dealkylation sites (tertiary alicyclic amines) is 1. The number of morpholine rings is 1. The van der Waals surface area contributed by atoms with Gasteiger partial charge in [0.25, 0.3) is 0 Å². The van der Waals surface area contributed by atoms with Crippen molar-refractivity contribution in [2.45, 2.75) is 32.2 Å². The van der Waals surface area contributed by atoms with Crippen LogP contribution in [0.3, 0.4) is 0 Å². The topological polar surface area (TPSA) is 106 Å². The number of amides is 1. The Bertz CT molecular complexity index is 1130. The Labute approximate surface area is 209 Å². The number of nitrogens with two attached hydrogens (primary N) is 1. The van der Waals surface area contributed by atoms with E-state index in [0.717, 1.165) is 41.5 Å². The summed E-state index contributed by atoms with van der Waals surface area (Å²) in [6, 6.07) is 6.53. The van der Waals surface area contributed by atoms with Gasteiger partial charge in [0.2, 0.25) is 5.91 Å². The molecule has 1 amide bonds. The average molecular weight is 497 g/mol. The number of thiazole rings is 1. The monoisotopic (exact) mass is 496 g/mol. The maximum atomic E-state index is 12.5. The molecule has 3 aliphatic heterocycles. The number of rotatable bonds is 5. The van der Waals surface area contributed by atoms with Crippen molar-refractivity contribution in [3.63, 3.8) is 0 Å². The second-order valence-electron chi connectivity index (χ2n) is 9.35. The zero-order valence-electron chi connectivity index (χ0n) is 20.3. The second kappa shape index (κ2) is 10.4. The normalized spacial score (nSPS) is 19.3. The van der Waals surface area contributed by atoms with Gasteiger partial charge in [-0.3, -0.25) is 14.7 Å². The summed E-state index contributed by atoms with van der Waals surface area (Å²) in [5, 5.41) is 0.780. The smallest absolute Gasteiger partial charge is 0.236 e. The minimum atomic E-state index is 0.0989. The number of aromatic nitrogens is 1. The lowest BCUT2D eigenvalue weighted by atomic mass is 9.90. The molecule has 0 spiro atoms. The molecule has 9 nitrogen and oxygen atoms in total. The van der Waals surface area contributed by atoms with Crippen molar-refractivity contribution in [1.82, 2.24) is 14.8 Å². The fourth-order valence-electron chi connectivity index (χ4n) is 4.66. The van der Waals surface area contributed by atoms with Crippen LogP contribution in [0.1, 0.15) is 35.2 Å². The van der Waals surface area contributed by atoms with Gasteiger partial charge in [-0.25, -0.2) is 9.98 Å². The van der Waals surface area contributed by atoms with Gasteiger partial charge in [0, 0.05) is 55.0 Å². The molecular formula is C25H32N6O3S. The number of ether oxygens (including phenoxy) is 2. The highest BCUT2D eigenvalue weighted by atomic mass is 32.1. The third-order valence-corrected chi connectivity index (χ3v) is 7.58. The highest BCUT2D eigenvalue weighted by molar-refractivity contribution is 7.14. The van der Waals surface area contributed by atoms with Crippen LogP contribution in [0.4, 0.5) is 0 Å². The SMILES string of the molecule is CC(C)N=C(N=CN)c1nc2c(s1)CCOc1cc(C3CN(CC(=O)N4CCOCC4)C3)ccc1-2. The van der Waals surface area contributed by atoms with E-state index in [2.05, 4.69) is 33.1 Å². The van der Waals surface area contributed by atoms with Gasteiger partial charge in [-0.15, -0.1) is 11.3 Å². The number of hydrogen-bond acceptors (Lipinski definition) is 7. The number of fused-ring (bicyclic) bond motifs is 3. The van der Waals surface area contributed by atoms with Gasteiger partial charge < -0.3 is 20.1 Å². The third-order valence-electron chi connectivity index (χ3n) is 6.46. The molecule has 0 bridgehead atoms. The summed E-state index contributed by atoms with van der Waals surface area (Å²) in [6.07, 6.45) is 2.06. The Morgan fingerprint density at radius 1 is 1.29 bits per heavy atom. The van der Waals surface area contributed by atoms with Crippen LogP contribution >= 0.6 is 11.3 Å². The van der Waals surface area contributed by atoms with Gasteiger partial charge in [-0.1, -0.05) is 6.07 Å². The number of hydrogen-bond donors (Lipinski definition) is 1. The first-order valence-electron chi connectivity index (χ1n) is 12.2. The van der Waals surface area contributed by atoms with Crippen LogP contribution in [0, 0.1) is 0 Å². The first-order chi connectivity index (χ1) is 17.0. The maximum absolute atomic E-state index is 12.5.